The van der Waals surface area contributed by atoms with Gasteiger partial charge in [0, 0.05) is 16.5 Å². The Balaban J connectivity index is 1.83. The number of Topliss-reactive ketones (excluding diaryl/α,β-unsaturated/α-hetero) is 1. The quantitative estimate of drug-likeness (QED) is 0.497. The Hall–Kier alpha value is -2.41. The van der Waals surface area contributed by atoms with Gasteiger partial charge >= 0.3 is 0 Å². The predicted octanol–water partition coefficient (Wildman–Crippen LogP) is 4.60. The molecule has 0 atom stereocenters. The molecule has 2 aromatic carbocycles. The largest absolute Gasteiger partial charge is 0.493 e. The summed E-state index contributed by atoms with van der Waals surface area (Å²) in [6.45, 7) is 1.79. The molecule has 1 amide bonds. The number of anilines is 1. The number of benzene rings is 2. The average molecular weight is 424 g/mol. The number of hydrogen-bond acceptors (Lipinski definition) is 4. The summed E-state index contributed by atoms with van der Waals surface area (Å²) in [6, 6.07) is 9.02. The molecule has 0 aliphatic heterocycles. The van der Waals surface area contributed by atoms with Gasteiger partial charge < -0.3 is 14.8 Å². The van der Waals surface area contributed by atoms with E-state index in [2.05, 4.69) is 21.2 Å². The normalized spacial score (nSPS) is 10.3. The van der Waals surface area contributed by atoms with Crippen LogP contribution in [0.4, 0.5) is 10.1 Å². The Kier molecular flexibility index (Phi) is 7.15. The number of hydrogen-bond donors (Lipinski definition) is 1. The molecule has 0 unspecified atom stereocenters. The summed E-state index contributed by atoms with van der Waals surface area (Å²) in [5, 5.41) is 2.71. The highest BCUT2D eigenvalue weighted by Crippen LogP contribution is 2.28. The van der Waals surface area contributed by atoms with E-state index in [0.717, 1.165) is 0 Å². The van der Waals surface area contributed by atoms with Gasteiger partial charge in [-0.1, -0.05) is 0 Å². The highest BCUT2D eigenvalue weighted by Gasteiger charge is 2.10. The van der Waals surface area contributed by atoms with Crippen molar-refractivity contribution in [1.82, 2.24) is 0 Å². The first-order chi connectivity index (χ1) is 12.4. The Bertz CT molecular complexity index is 810. The monoisotopic (exact) mass is 423 g/mol. The molecule has 0 spiro atoms. The van der Waals surface area contributed by atoms with E-state index in [1.54, 1.807) is 18.2 Å². The van der Waals surface area contributed by atoms with E-state index < -0.39 is 0 Å². The third-order valence-electron chi connectivity index (χ3n) is 3.58. The van der Waals surface area contributed by atoms with Crippen LogP contribution in [-0.4, -0.2) is 25.4 Å². The fourth-order valence-electron chi connectivity index (χ4n) is 2.22. The molecule has 0 aromatic heterocycles. The number of ether oxygens (including phenoxy) is 2. The fraction of sp³-hybridized carbons (Fsp3) is 0.263. The van der Waals surface area contributed by atoms with Crippen LogP contribution in [0.3, 0.4) is 0 Å². The van der Waals surface area contributed by atoms with E-state index >= 15 is 0 Å². The molecule has 0 bridgehead atoms. The minimum atomic E-state index is -0.381. The van der Waals surface area contributed by atoms with Crippen LogP contribution in [-0.2, 0) is 4.79 Å². The van der Waals surface area contributed by atoms with E-state index in [1.165, 1.54) is 32.2 Å². The van der Waals surface area contributed by atoms with Gasteiger partial charge in [-0.15, -0.1) is 0 Å². The zero-order valence-electron chi connectivity index (χ0n) is 14.5. The molecule has 0 heterocycles. The molecule has 26 heavy (non-hydrogen) atoms. The Morgan fingerprint density at radius 1 is 1.15 bits per heavy atom. The molecule has 1 N–H and O–H groups in total. The molecule has 0 fully saturated rings. The van der Waals surface area contributed by atoms with Crippen molar-refractivity contribution in [3.05, 3.63) is 52.3 Å². The molecule has 7 heteroatoms. The summed E-state index contributed by atoms with van der Waals surface area (Å²) in [5.74, 6) is 0.350. The molecular formula is C19H19BrFNO4. The Morgan fingerprint density at radius 2 is 1.92 bits per heavy atom. The lowest BCUT2D eigenvalue weighted by molar-refractivity contribution is -0.116. The SMILES string of the molecule is COc1cc(C(C)=O)ccc1OCCCC(=O)Nc1ccc(F)cc1Br. The van der Waals surface area contributed by atoms with Gasteiger partial charge in [0.25, 0.3) is 0 Å². The van der Waals surface area contributed by atoms with E-state index in [0.29, 0.717) is 40.3 Å². The van der Waals surface area contributed by atoms with E-state index in [-0.39, 0.29) is 23.9 Å². The average Bonchev–Trinajstić information content (AvgIpc) is 2.61. The van der Waals surface area contributed by atoms with Crippen molar-refractivity contribution < 1.29 is 23.5 Å². The van der Waals surface area contributed by atoms with Crippen LogP contribution >= 0.6 is 15.9 Å². The van der Waals surface area contributed by atoms with Gasteiger partial charge in [-0.05, 0) is 65.7 Å². The predicted molar refractivity (Wildman–Crippen MR) is 100 cm³/mol. The minimum absolute atomic E-state index is 0.0570. The first-order valence-electron chi connectivity index (χ1n) is 7.97. The summed E-state index contributed by atoms with van der Waals surface area (Å²) in [4.78, 5) is 23.3. The van der Waals surface area contributed by atoms with E-state index in [4.69, 9.17) is 9.47 Å². The van der Waals surface area contributed by atoms with Gasteiger partial charge in [-0.3, -0.25) is 9.59 Å². The first-order valence-corrected chi connectivity index (χ1v) is 8.76. The summed E-state index contributed by atoms with van der Waals surface area (Å²) in [5.41, 5.74) is 1.05. The zero-order valence-corrected chi connectivity index (χ0v) is 16.1. The molecule has 0 radical (unpaired) electrons. The van der Waals surface area contributed by atoms with Gasteiger partial charge in [0.05, 0.1) is 19.4 Å². The Morgan fingerprint density at radius 3 is 2.58 bits per heavy atom. The van der Waals surface area contributed by atoms with Gasteiger partial charge in [0.1, 0.15) is 5.82 Å². The fourth-order valence-corrected chi connectivity index (χ4v) is 2.67. The maximum absolute atomic E-state index is 13.0. The number of amides is 1. The first kappa shape index (κ1) is 19.9. The second kappa shape index (κ2) is 9.33. The highest BCUT2D eigenvalue weighted by molar-refractivity contribution is 9.10. The number of nitrogens with one attached hydrogen (secondary N) is 1. The van der Waals surface area contributed by atoms with Crippen molar-refractivity contribution in [2.45, 2.75) is 19.8 Å². The van der Waals surface area contributed by atoms with Crippen LogP contribution < -0.4 is 14.8 Å². The maximum Gasteiger partial charge on any atom is 0.224 e. The van der Waals surface area contributed by atoms with Gasteiger partial charge in [0.2, 0.25) is 5.91 Å². The summed E-state index contributed by atoms with van der Waals surface area (Å²) < 4.78 is 24.4. The molecule has 0 saturated carbocycles. The zero-order chi connectivity index (χ0) is 19.1. The van der Waals surface area contributed by atoms with Crippen LogP contribution in [0.5, 0.6) is 11.5 Å². The molecule has 138 valence electrons. The van der Waals surface area contributed by atoms with Crippen molar-refractivity contribution in [1.29, 1.82) is 0 Å². The number of carbonyl (C=O) groups excluding carboxylic acids is 2. The van der Waals surface area contributed by atoms with E-state index in [1.807, 2.05) is 0 Å². The van der Waals surface area contributed by atoms with Crippen LogP contribution in [0, 0.1) is 5.82 Å². The van der Waals surface area contributed by atoms with E-state index in [9.17, 15) is 14.0 Å². The number of ketones is 1. The molecule has 0 aliphatic carbocycles. The minimum Gasteiger partial charge on any atom is -0.493 e. The number of methoxy groups -OCH3 is 1. The lowest BCUT2D eigenvalue weighted by Gasteiger charge is -2.12. The third kappa shape index (κ3) is 5.56. The van der Waals surface area contributed by atoms with Crippen molar-refractivity contribution in [2.75, 3.05) is 19.0 Å². The van der Waals surface area contributed by atoms with Gasteiger partial charge in [-0.25, -0.2) is 4.39 Å². The standard InChI is InChI=1S/C19H19BrFNO4/c1-12(23)13-5-8-17(18(10-13)25-2)26-9-3-4-19(24)22-16-7-6-14(21)11-15(16)20/h5-8,10-11H,3-4,9H2,1-2H3,(H,22,24). The summed E-state index contributed by atoms with van der Waals surface area (Å²) in [6.07, 6.45) is 0.736. The van der Waals surface area contributed by atoms with Gasteiger partial charge in [0.15, 0.2) is 17.3 Å². The lowest BCUT2D eigenvalue weighted by atomic mass is 10.1. The molecule has 0 aliphatic rings. The van der Waals surface area contributed by atoms with Crippen molar-refractivity contribution in [3.8, 4) is 11.5 Å². The van der Waals surface area contributed by atoms with Crippen LogP contribution in [0.25, 0.3) is 0 Å². The maximum atomic E-state index is 13.0. The number of halogens is 2. The molecular weight excluding hydrogens is 405 g/mol. The summed E-state index contributed by atoms with van der Waals surface area (Å²) >= 11 is 3.20. The molecule has 5 nitrogen and oxygen atoms in total. The number of rotatable bonds is 8. The van der Waals surface area contributed by atoms with Crippen LogP contribution in [0.2, 0.25) is 0 Å². The molecule has 2 aromatic rings. The number of carbonyl (C=O) groups is 2. The van der Waals surface area contributed by atoms with Crippen molar-refractivity contribution in [3.63, 3.8) is 0 Å². The smallest absolute Gasteiger partial charge is 0.224 e. The van der Waals surface area contributed by atoms with Gasteiger partial charge in [-0.2, -0.15) is 0 Å². The second-order valence-corrected chi connectivity index (χ2v) is 6.40. The van der Waals surface area contributed by atoms with Crippen molar-refractivity contribution >= 4 is 33.3 Å². The lowest BCUT2D eigenvalue weighted by Crippen LogP contribution is -2.13. The third-order valence-corrected chi connectivity index (χ3v) is 4.24. The van der Waals surface area contributed by atoms with Crippen LogP contribution in [0.1, 0.15) is 30.1 Å². The topological polar surface area (TPSA) is 64.6 Å². The van der Waals surface area contributed by atoms with Crippen LogP contribution in [0.15, 0.2) is 40.9 Å². The highest BCUT2D eigenvalue weighted by atomic mass is 79.9. The molecule has 2 rings (SSSR count). The Labute approximate surface area is 159 Å². The molecule has 0 saturated heterocycles. The van der Waals surface area contributed by atoms with Crippen molar-refractivity contribution in [2.24, 2.45) is 0 Å². The summed E-state index contributed by atoms with van der Waals surface area (Å²) in [7, 11) is 1.50. The second-order valence-electron chi connectivity index (χ2n) is 5.55.